The molecule has 0 spiro atoms. The fourth-order valence-corrected chi connectivity index (χ4v) is 2.63. The summed E-state index contributed by atoms with van der Waals surface area (Å²) in [5, 5.41) is 7.02. The predicted octanol–water partition coefficient (Wildman–Crippen LogP) is 4.12. The number of hydrogen-bond donors (Lipinski definition) is 2. The Hall–Kier alpha value is -1.91. The molecule has 0 aromatic heterocycles. The van der Waals surface area contributed by atoms with E-state index in [0.717, 1.165) is 11.3 Å². The molecule has 0 aliphatic rings. The Balaban J connectivity index is 1.79. The van der Waals surface area contributed by atoms with Crippen molar-refractivity contribution >= 4 is 34.8 Å². The minimum absolute atomic E-state index is 0.0633. The van der Waals surface area contributed by atoms with Gasteiger partial charge in [0.1, 0.15) is 5.75 Å². The first kappa shape index (κ1) is 17.4. The molecule has 0 saturated heterocycles. The summed E-state index contributed by atoms with van der Waals surface area (Å²) in [6, 6.07) is 12.8. The second-order valence-corrected chi connectivity index (χ2v) is 5.68. The molecule has 4 nitrogen and oxygen atoms in total. The zero-order valence-electron chi connectivity index (χ0n) is 12.7. The molecule has 2 rings (SSSR count). The monoisotopic (exact) mass is 352 g/mol. The topological polar surface area (TPSA) is 50.4 Å². The van der Waals surface area contributed by atoms with Gasteiger partial charge in [0.25, 0.3) is 0 Å². The summed E-state index contributed by atoms with van der Waals surface area (Å²) in [5.41, 5.74) is 1.58. The van der Waals surface area contributed by atoms with Crippen molar-refractivity contribution in [3.05, 3.63) is 58.1 Å². The van der Waals surface area contributed by atoms with Crippen LogP contribution in [0.15, 0.2) is 42.5 Å². The van der Waals surface area contributed by atoms with Gasteiger partial charge in [-0.15, -0.1) is 0 Å². The fraction of sp³-hybridized carbons (Fsp3) is 0.235. The molecule has 0 bridgehead atoms. The van der Waals surface area contributed by atoms with Crippen molar-refractivity contribution in [2.24, 2.45) is 0 Å². The fourth-order valence-electron chi connectivity index (χ4n) is 2.10. The summed E-state index contributed by atoms with van der Waals surface area (Å²) in [6.45, 7) is 0.872. The first-order chi connectivity index (χ1) is 11.1. The standard InChI is InChI=1S/C17H18Cl2N2O2/c1-23-15-8-3-2-5-12(15)11-21-16(22)9-10-20-17-13(18)6-4-7-14(17)19/h2-8,20H,9-11H2,1H3,(H,21,22). The van der Waals surface area contributed by atoms with Gasteiger partial charge in [-0.3, -0.25) is 4.79 Å². The number of halogens is 2. The van der Waals surface area contributed by atoms with Gasteiger partial charge in [0.2, 0.25) is 5.91 Å². The van der Waals surface area contributed by atoms with Crippen LogP contribution in [0.1, 0.15) is 12.0 Å². The molecular weight excluding hydrogens is 335 g/mol. The lowest BCUT2D eigenvalue weighted by Crippen LogP contribution is -2.25. The van der Waals surface area contributed by atoms with Gasteiger partial charge in [0.15, 0.2) is 0 Å². The number of anilines is 1. The van der Waals surface area contributed by atoms with E-state index in [9.17, 15) is 4.79 Å². The number of para-hydroxylation sites is 2. The van der Waals surface area contributed by atoms with Gasteiger partial charge in [-0.25, -0.2) is 0 Å². The highest BCUT2D eigenvalue weighted by Gasteiger charge is 2.07. The molecule has 0 unspecified atom stereocenters. The number of methoxy groups -OCH3 is 1. The Kier molecular flexibility index (Phi) is 6.56. The third-order valence-corrected chi connectivity index (χ3v) is 3.92. The van der Waals surface area contributed by atoms with Crippen molar-refractivity contribution < 1.29 is 9.53 Å². The maximum absolute atomic E-state index is 11.9. The van der Waals surface area contributed by atoms with Gasteiger partial charge < -0.3 is 15.4 Å². The molecule has 2 aromatic carbocycles. The minimum Gasteiger partial charge on any atom is -0.496 e. The van der Waals surface area contributed by atoms with Crippen LogP contribution in [0, 0.1) is 0 Å². The second-order valence-electron chi connectivity index (χ2n) is 4.86. The second kappa shape index (κ2) is 8.65. The minimum atomic E-state index is -0.0633. The van der Waals surface area contributed by atoms with Crippen LogP contribution in [-0.4, -0.2) is 19.6 Å². The van der Waals surface area contributed by atoms with Gasteiger partial charge in [-0.1, -0.05) is 47.5 Å². The van der Waals surface area contributed by atoms with E-state index in [1.165, 1.54) is 0 Å². The average Bonchev–Trinajstić information content (AvgIpc) is 2.56. The summed E-state index contributed by atoms with van der Waals surface area (Å²) in [5.74, 6) is 0.695. The third-order valence-electron chi connectivity index (χ3n) is 3.29. The van der Waals surface area contributed by atoms with Crippen LogP contribution in [0.5, 0.6) is 5.75 Å². The number of nitrogens with one attached hydrogen (secondary N) is 2. The maximum atomic E-state index is 11.9. The molecule has 0 saturated carbocycles. The van der Waals surface area contributed by atoms with E-state index >= 15 is 0 Å². The van der Waals surface area contributed by atoms with Gasteiger partial charge in [-0.2, -0.15) is 0 Å². The number of benzene rings is 2. The van der Waals surface area contributed by atoms with Crippen LogP contribution in [0.2, 0.25) is 10.0 Å². The molecule has 0 fully saturated rings. The molecule has 0 radical (unpaired) electrons. The predicted molar refractivity (Wildman–Crippen MR) is 94.4 cm³/mol. The Morgan fingerprint density at radius 2 is 1.78 bits per heavy atom. The van der Waals surface area contributed by atoms with Crippen molar-refractivity contribution in [1.29, 1.82) is 0 Å². The molecule has 122 valence electrons. The molecule has 0 heterocycles. The van der Waals surface area contributed by atoms with Crippen LogP contribution in [0.3, 0.4) is 0 Å². The van der Waals surface area contributed by atoms with Gasteiger partial charge in [0.05, 0.1) is 22.8 Å². The van der Waals surface area contributed by atoms with E-state index in [-0.39, 0.29) is 5.91 Å². The Morgan fingerprint density at radius 3 is 2.48 bits per heavy atom. The van der Waals surface area contributed by atoms with E-state index in [1.54, 1.807) is 25.3 Å². The number of rotatable bonds is 7. The summed E-state index contributed by atoms with van der Waals surface area (Å²) in [7, 11) is 1.61. The number of amides is 1. The number of hydrogen-bond acceptors (Lipinski definition) is 3. The van der Waals surface area contributed by atoms with Crippen molar-refractivity contribution in [3.8, 4) is 5.75 Å². The molecule has 0 atom stereocenters. The van der Waals surface area contributed by atoms with Crippen LogP contribution in [0.4, 0.5) is 5.69 Å². The lowest BCUT2D eigenvalue weighted by Gasteiger charge is -2.11. The van der Waals surface area contributed by atoms with E-state index in [2.05, 4.69) is 10.6 Å². The molecule has 0 aliphatic carbocycles. The number of carbonyl (C=O) groups excluding carboxylic acids is 1. The summed E-state index contributed by atoms with van der Waals surface area (Å²) in [6.07, 6.45) is 0.316. The third kappa shape index (κ3) is 5.05. The van der Waals surface area contributed by atoms with Crippen LogP contribution < -0.4 is 15.4 Å². The lowest BCUT2D eigenvalue weighted by molar-refractivity contribution is -0.121. The number of carbonyl (C=O) groups is 1. The van der Waals surface area contributed by atoms with E-state index in [4.69, 9.17) is 27.9 Å². The highest BCUT2D eigenvalue weighted by molar-refractivity contribution is 6.39. The molecule has 23 heavy (non-hydrogen) atoms. The lowest BCUT2D eigenvalue weighted by atomic mass is 10.2. The van der Waals surface area contributed by atoms with Gasteiger partial charge in [-0.05, 0) is 18.2 Å². The SMILES string of the molecule is COc1ccccc1CNC(=O)CCNc1c(Cl)cccc1Cl. The summed E-state index contributed by atoms with van der Waals surface area (Å²) < 4.78 is 5.25. The van der Waals surface area contributed by atoms with Crippen LogP contribution in [-0.2, 0) is 11.3 Å². The smallest absolute Gasteiger partial charge is 0.222 e. The molecule has 6 heteroatoms. The van der Waals surface area contributed by atoms with Gasteiger partial charge >= 0.3 is 0 Å². The molecule has 2 N–H and O–H groups in total. The van der Waals surface area contributed by atoms with Crippen molar-refractivity contribution in [2.45, 2.75) is 13.0 Å². The maximum Gasteiger partial charge on any atom is 0.222 e. The normalized spacial score (nSPS) is 10.2. The van der Waals surface area contributed by atoms with Crippen LogP contribution in [0.25, 0.3) is 0 Å². The van der Waals surface area contributed by atoms with Crippen molar-refractivity contribution in [3.63, 3.8) is 0 Å². The highest BCUT2D eigenvalue weighted by Crippen LogP contribution is 2.29. The molecule has 0 aliphatic heterocycles. The summed E-state index contributed by atoms with van der Waals surface area (Å²) in [4.78, 5) is 11.9. The highest BCUT2D eigenvalue weighted by atomic mass is 35.5. The largest absolute Gasteiger partial charge is 0.496 e. The van der Waals surface area contributed by atoms with Gasteiger partial charge in [0, 0.05) is 25.1 Å². The average molecular weight is 353 g/mol. The number of ether oxygens (including phenoxy) is 1. The summed E-state index contributed by atoms with van der Waals surface area (Å²) >= 11 is 12.1. The van der Waals surface area contributed by atoms with Crippen LogP contribution >= 0.6 is 23.2 Å². The Morgan fingerprint density at radius 1 is 1.09 bits per heavy atom. The van der Waals surface area contributed by atoms with Crippen molar-refractivity contribution in [1.82, 2.24) is 5.32 Å². The molecule has 1 amide bonds. The molecule has 2 aromatic rings. The Labute approximate surface area is 145 Å². The first-order valence-electron chi connectivity index (χ1n) is 7.18. The van der Waals surface area contributed by atoms with E-state index in [0.29, 0.717) is 35.2 Å². The zero-order chi connectivity index (χ0) is 16.7. The Bertz CT molecular complexity index is 657. The van der Waals surface area contributed by atoms with E-state index < -0.39 is 0 Å². The zero-order valence-corrected chi connectivity index (χ0v) is 14.2. The quantitative estimate of drug-likeness (QED) is 0.787. The van der Waals surface area contributed by atoms with E-state index in [1.807, 2.05) is 24.3 Å². The first-order valence-corrected chi connectivity index (χ1v) is 7.94. The van der Waals surface area contributed by atoms with Crippen molar-refractivity contribution in [2.75, 3.05) is 19.0 Å². The molecular formula is C17H18Cl2N2O2.